The first-order valence-electron chi connectivity index (χ1n) is 7.36. The number of hydrogen-bond donors (Lipinski definition) is 1. The third-order valence-corrected chi connectivity index (χ3v) is 4.08. The number of para-hydroxylation sites is 1. The second-order valence-corrected chi connectivity index (χ2v) is 5.57. The smallest absolute Gasteiger partial charge is 0.0737 e. The predicted octanol–water partition coefficient (Wildman–Crippen LogP) is 5.33. The number of hydrogen-bond acceptors (Lipinski definition) is 1. The molecule has 0 bridgehead atoms. The largest absolute Gasteiger partial charge is 0.360 e. The van der Waals surface area contributed by atoms with E-state index in [-0.39, 0.29) is 0 Å². The molecular weight excluding hydrogens is 268 g/mol. The lowest BCUT2D eigenvalue weighted by Crippen LogP contribution is -1.88. The topological polar surface area (TPSA) is 28.7 Å². The summed E-state index contributed by atoms with van der Waals surface area (Å²) in [6, 6.07) is 16.7. The predicted molar refractivity (Wildman–Crippen MR) is 93.9 cm³/mol. The van der Waals surface area contributed by atoms with Crippen LogP contribution in [0.4, 0.5) is 0 Å². The Morgan fingerprint density at radius 3 is 2.77 bits per heavy atom. The van der Waals surface area contributed by atoms with Crippen molar-refractivity contribution in [2.45, 2.75) is 6.92 Å². The minimum atomic E-state index is 0.977. The summed E-state index contributed by atoms with van der Waals surface area (Å²) in [5.74, 6) is 0. The molecule has 106 valence electrons. The number of aromatic amines is 1. The van der Waals surface area contributed by atoms with E-state index in [0.29, 0.717) is 0 Å². The summed E-state index contributed by atoms with van der Waals surface area (Å²) >= 11 is 0. The van der Waals surface area contributed by atoms with Crippen molar-refractivity contribution in [3.63, 3.8) is 0 Å². The molecule has 4 aromatic rings. The van der Waals surface area contributed by atoms with Gasteiger partial charge in [0, 0.05) is 28.0 Å². The van der Waals surface area contributed by atoms with Crippen molar-refractivity contribution in [1.82, 2.24) is 9.97 Å². The molecule has 1 N–H and O–H groups in total. The number of nitrogens with one attached hydrogen (secondary N) is 1. The fourth-order valence-electron chi connectivity index (χ4n) is 2.96. The Morgan fingerprint density at radius 1 is 1.05 bits per heavy atom. The molecule has 2 heteroatoms. The van der Waals surface area contributed by atoms with E-state index in [1.165, 1.54) is 10.9 Å². The lowest BCUT2D eigenvalue weighted by molar-refractivity contribution is 1.39. The van der Waals surface area contributed by atoms with Gasteiger partial charge in [-0.2, -0.15) is 0 Å². The van der Waals surface area contributed by atoms with E-state index in [0.717, 1.165) is 33.2 Å². The standard InChI is InChI=1S/C20H16N2/c1-3-14-11-20(22-19-7-5-4-6-15(14)19)17-12-21-18-9-8-13(2)10-16(17)18/h3-12,21H,1H2,2H3. The molecule has 0 spiro atoms. The van der Waals surface area contributed by atoms with E-state index in [2.05, 4.69) is 48.8 Å². The number of aryl methyl sites for hydroxylation is 1. The van der Waals surface area contributed by atoms with Crippen LogP contribution in [0.5, 0.6) is 0 Å². The number of pyridine rings is 1. The highest BCUT2D eigenvalue weighted by Gasteiger charge is 2.10. The van der Waals surface area contributed by atoms with Gasteiger partial charge in [0.05, 0.1) is 11.2 Å². The van der Waals surface area contributed by atoms with Gasteiger partial charge in [-0.15, -0.1) is 0 Å². The average Bonchev–Trinajstić information content (AvgIpc) is 2.96. The van der Waals surface area contributed by atoms with E-state index in [4.69, 9.17) is 4.98 Å². The zero-order valence-corrected chi connectivity index (χ0v) is 12.4. The van der Waals surface area contributed by atoms with Crippen LogP contribution in [0.25, 0.3) is 39.1 Å². The average molecular weight is 284 g/mol. The summed E-state index contributed by atoms with van der Waals surface area (Å²) in [4.78, 5) is 8.17. The molecule has 0 unspecified atom stereocenters. The summed E-state index contributed by atoms with van der Waals surface area (Å²) in [6.45, 7) is 6.05. The Bertz CT molecular complexity index is 1010. The Balaban J connectivity index is 2.04. The van der Waals surface area contributed by atoms with Crippen LogP contribution in [0.15, 0.2) is 61.3 Å². The molecule has 0 amide bonds. The first-order chi connectivity index (χ1) is 10.8. The lowest BCUT2D eigenvalue weighted by atomic mass is 10.0. The van der Waals surface area contributed by atoms with Gasteiger partial charge in [-0.05, 0) is 36.8 Å². The van der Waals surface area contributed by atoms with Crippen molar-refractivity contribution in [3.8, 4) is 11.3 Å². The molecule has 0 aliphatic rings. The van der Waals surface area contributed by atoms with Gasteiger partial charge in [-0.1, -0.05) is 42.5 Å². The second kappa shape index (κ2) is 4.85. The number of nitrogens with zero attached hydrogens (tertiary/aromatic N) is 1. The van der Waals surface area contributed by atoms with Gasteiger partial charge in [-0.25, -0.2) is 4.98 Å². The molecule has 2 aromatic heterocycles. The maximum Gasteiger partial charge on any atom is 0.0737 e. The third kappa shape index (κ3) is 1.92. The van der Waals surface area contributed by atoms with Crippen molar-refractivity contribution in [3.05, 3.63) is 72.4 Å². The Hall–Kier alpha value is -2.87. The van der Waals surface area contributed by atoms with Gasteiger partial charge in [0.15, 0.2) is 0 Å². The molecule has 0 aliphatic carbocycles. The molecule has 0 saturated heterocycles. The number of aromatic nitrogens is 2. The molecule has 0 aliphatic heterocycles. The monoisotopic (exact) mass is 284 g/mol. The van der Waals surface area contributed by atoms with Crippen molar-refractivity contribution in [1.29, 1.82) is 0 Å². The van der Waals surface area contributed by atoms with Gasteiger partial charge in [-0.3, -0.25) is 0 Å². The zero-order valence-electron chi connectivity index (χ0n) is 12.4. The molecule has 0 atom stereocenters. The Labute approximate surface area is 129 Å². The fourth-order valence-corrected chi connectivity index (χ4v) is 2.96. The number of rotatable bonds is 2. The van der Waals surface area contributed by atoms with E-state index < -0.39 is 0 Å². The molecule has 0 saturated carbocycles. The fraction of sp³-hybridized carbons (Fsp3) is 0.0500. The maximum absolute atomic E-state index is 4.84. The van der Waals surface area contributed by atoms with Crippen LogP contribution in [0, 0.1) is 6.92 Å². The maximum atomic E-state index is 4.84. The zero-order chi connectivity index (χ0) is 15.1. The van der Waals surface area contributed by atoms with Gasteiger partial charge in [0.2, 0.25) is 0 Å². The summed E-state index contributed by atoms with van der Waals surface area (Å²) in [7, 11) is 0. The minimum Gasteiger partial charge on any atom is -0.360 e. The van der Waals surface area contributed by atoms with Crippen LogP contribution in [-0.2, 0) is 0 Å². The van der Waals surface area contributed by atoms with E-state index in [9.17, 15) is 0 Å². The molecule has 0 fully saturated rings. The van der Waals surface area contributed by atoms with E-state index in [1.54, 1.807) is 0 Å². The number of benzene rings is 2. The summed E-state index contributed by atoms with van der Waals surface area (Å²) in [5, 5.41) is 2.34. The normalized spacial score (nSPS) is 11.1. The molecule has 2 nitrogen and oxygen atoms in total. The third-order valence-electron chi connectivity index (χ3n) is 4.08. The molecular formula is C20H16N2. The summed E-state index contributed by atoms with van der Waals surface area (Å²) in [6.07, 6.45) is 3.93. The highest BCUT2D eigenvalue weighted by atomic mass is 14.7. The van der Waals surface area contributed by atoms with Gasteiger partial charge in [0.1, 0.15) is 0 Å². The molecule has 2 aromatic carbocycles. The molecule has 22 heavy (non-hydrogen) atoms. The minimum absolute atomic E-state index is 0.977. The summed E-state index contributed by atoms with van der Waals surface area (Å²) < 4.78 is 0. The van der Waals surface area contributed by atoms with Gasteiger partial charge >= 0.3 is 0 Å². The van der Waals surface area contributed by atoms with Crippen molar-refractivity contribution >= 4 is 27.9 Å². The first kappa shape index (κ1) is 12.8. The molecule has 4 rings (SSSR count). The van der Waals surface area contributed by atoms with Crippen molar-refractivity contribution < 1.29 is 0 Å². The number of fused-ring (bicyclic) bond motifs is 2. The van der Waals surface area contributed by atoms with Crippen LogP contribution in [-0.4, -0.2) is 9.97 Å². The Kier molecular flexibility index (Phi) is 2.83. The molecule has 0 radical (unpaired) electrons. The number of H-pyrrole nitrogens is 1. The van der Waals surface area contributed by atoms with Crippen LogP contribution in [0.3, 0.4) is 0 Å². The highest BCUT2D eigenvalue weighted by Crippen LogP contribution is 2.31. The van der Waals surface area contributed by atoms with Crippen LogP contribution >= 0.6 is 0 Å². The summed E-state index contributed by atoms with van der Waals surface area (Å²) in [5.41, 5.74) is 6.60. The van der Waals surface area contributed by atoms with Crippen LogP contribution in [0.2, 0.25) is 0 Å². The lowest BCUT2D eigenvalue weighted by Gasteiger charge is -2.06. The quantitative estimate of drug-likeness (QED) is 0.529. The highest BCUT2D eigenvalue weighted by molar-refractivity contribution is 5.98. The Morgan fingerprint density at radius 2 is 1.91 bits per heavy atom. The SMILES string of the molecule is C=Cc1cc(-c2c[nH]c3ccc(C)cc23)nc2ccccc12. The van der Waals surface area contributed by atoms with Crippen molar-refractivity contribution in [2.24, 2.45) is 0 Å². The van der Waals surface area contributed by atoms with E-state index >= 15 is 0 Å². The molecule has 2 heterocycles. The van der Waals surface area contributed by atoms with E-state index in [1.807, 2.05) is 30.5 Å². The second-order valence-electron chi connectivity index (χ2n) is 5.57. The van der Waals surface area contributed by atoms with Gasteiger partial charge < -0.3 is 4.98 Å². The van der Waals surface area contributed by atoms with Crippen molar-refractivity contribution in [2.75, 3.05) is 0 Å². The van der Waals surface area contributed by atoms with Crippen LogP contribution in [0.1, 0.15) is 11.1 Å². The first-order valence-corrected chi connectivity index (χ1v) is 7.36. The van der Waals surface area contributed by atoms with Crippen LogP contribution < -0.4 is 0 Å². The van der Waals surface area contributed by atoms with Gasteiger partial charge in [0.25, 0.3) is 0 Å².